The molecule has 5 rings (SSSR count). The van der Waals surface area contributed by atoms with Crippen LogP contribution in [0.4, 0.5) is 0 Å². The first-order valence-electron chi connectivity index (χ1n) is 14.6. The minimum Gasteiger partial charge on any atom is -0.497 e. The summed E-state index contributed by atoms with van der Waals surface area (Å²) < 4.78 is 4.97. The largest absolute Gasteiger partial charge is 0.497 e. The summed E-state index contributed by atoms with van der Waals surface area (Å²) in [5.41, 5.74) is 9.86. The second-order valence-electron chi connectivity index (χ2n) is 10.4. The van der Waals surface area contributed by atoms with E-state index in [1.165, 1.54) is 43.8 Å². The van der Waals surface area contributed by atoms with Crippen molar-refractivity contribution >= 4 is 17.5 Å². The van der Waals surface area contributed by atoms with Crippen LogP contribution in [-0.2, 0) is 6.42 Å². The lowest BCUT2D eigenvalue weighted by atomic mass is 10.0. The summed E-state index contributed by atoms with van der Waals surface area (Å²) in [6.45, 7) is 12.0. The Morgan fingerprint density at radius 2 is 0.953 bits per heavy atom. The third-order valence-corrected chi connectivity index (χ3v) is 7.46. The van der Waals surface area contributed by atoms with Gasteiger partial charge in [-0.2, -0.15) is 0 Å². The predicted octanol–water partition coefficient (Wildman–Crippen LogP) is 11.1. The van der Waals surface area contributed by atoms with E-state index in [1.807, 2.05) is 55.5 Å². The molecule has 0 amide bonds. The normalized spacial score (nSPS) is 9.67. The molecule has 0 fully saturated rings. The Morgan fingerprint density at radius 3 is 1.33 bits per heavy atom. The van der Waals surface area contributed by atoms with Crippen LogP contribution in [0.15, 0.2) is 126 Å². The molecule has 43 heavy (non-hydrogen) atoms. The Bertz CT molecular complexity index is 1420. The van der Waals surface area contributed by atoms with E-state index in [9.17, 15) is 4.79 Å². The van der Waals surface area contributed by atoms with Crippen molar-refractivity contribution < 1.29 is 9.53 Å². The van der Waals surface area contributed by atoms with Crippen molar-refractivity contribution in [3.63, 3.8) is 0 Å². The average molecular weight is 591 g/mol. The number of aryl methyl sites for hydroxylation is 5. The quantitative estimate of drug-likeness (QED) is 0.150. The molecule has 224 valence electrons. The zero-order chi connectivity index (χ0) is 31.6. The molecule has 0 bridgehead atoms. The van der Waals surface area contributed by atoms with Gasteiger partial charge in [0.1, 0.15) is 5.75 Å². The van der Waals surface area contributed by atoms with Gasteiger partial charge in [0.05, 0.1) is 7.11 Å². The predicted molar refractivity (Wildman–Crippen MR) is 188 cm³/mol. The Labute approximate surface area is 264 Å². The first kappa shape index (κ1) is 35.1. The Hall–Kier alpha value is -4.08. The molecule has 0 radical (unpaired) electrons. The van der Waals surface area contributed by atoms with Crippen LogP contribution in [0.25, 0.3) is 11.1 Å². The summed E-state index contributed by atoms with van der Waals surface area (Å²) in [5.74, 6) is 1.04. The topological polar surface area (TPSA) is 26.3 Å². The Morgan fingerprint density at radius 1 is 0.581 bits per heavy atom. The summed E-state index contributed by atoms with van der Waals surface area (Å²) >= 11 is 1.78. The SMILES string of the molecule is CC(=O)c1ccc(C)cc1.CCc1ccc(C)cc1.COc1ccc(C)cc1.CSc1ccc(-c2ccc(C)cc2)cc1. The van der Waals surface area contributed by atoms with Crippen molar-refractivity contribution in [2.24, 2.45) is 0 Å². The number of Topliss-reactive ketones (excluding diaryl/α,β-unsaturated/α-hetero) is 1. The highest BCUT2D eigenvalue weighted by atomic mass is 32.2. The number of carbonyl (C=O) groups excluding carboxylic acids is 1. The van der Waals surface area contributed by atoms with Gasteiger partial charge in [-0.3, -0.25) is 4.79 Å². The van der Waals surface area contributed by atoms with E-state index in [0.29, 0.717) is 0 Å². The molecular formula is C40H46O2S. The van der Waals surface area contributed by atoms with Crippen LogP contribution in [0.1, 0.15) is 52.0 Å². The molecule has 0 aliphatic rings. The number of ketones is 1. The molecule has 2 nitrogen and oxygen atoms in total. The third kappa shape index (κ3) is 13.6. The number of rotatable bonds is 5. The van der Waals surface area contributed by atoms with Crippen molar-refractivity contribution in [2.45, 2.75) is 52.9 Å². The van der Waals surface area contributed by atoms with E-state index in [2.05, 4.69) is 107 Å². The van der Waals surface area contributed by atoms with Gasteiger partial charge in [0.2, 0.25) is 0 Å². The number of ether oxygens (including phenoxy) is 1. The zero-order valence-corrected chi connectivity index (χ0v) is 27.8. The second kappa shape index (κ2) is 19.2. The fourth-order valence-corrected chi connectivity index (χ4v) is 4.22. The molecule has 0 N–H and O–H groups in total. The highest BCUT2D eigenvalue weighted by Crippen LogP contribution is 2.23. The maximum atomic E-state index is 10.8. The van der Waals surface area contributed by atoms with E-state index in [-0.39, 0.29) is 5.78 Å². The highest BCUT2D eigenvalue weighted by Gasteiger charge is 1.97. The minimum atomic E-state index is 0.125. The fraction of sp³-hybridized carbons (Fsp3) is 0.225. The third-order valence-electron chi connectivity index (χ3n) is 6.72. The van der Waals surface area contributed by atoms with E-state index < -0.39 is 0 Å². The van der Waals surface area contributed by atoms with E-state index >= 15 is 0 Å². The minimum absolute atomic E-state index is 0.125. The fourth-order valence-electron chi connectivity index (χ4n) is 3.82. The molecule has 0 atom stereocenters. The molecule has 0 heterocycles. The van der Waals surface area contributed by atoms with Crippen LogP contribution in [0, 0.1) is 27.7 Å². The molecular weight excluding hydrogens is 545 g/mol. The van der Waals surface area contributed by atoms with Gasteiger partial charge in [0.25, 0.3) is 0 Å². The molecule has 5 aromatic carbocycles. The lowest BCUT2D eigenvalue weighted by molar-refractivity contribution is 0.101. The Balaban J connectivity index is 0.000000206. The van der Waals surface area contributed by atoms with Crippen LogP contribution in [0.3, 0.4) is 0 Å². The zero-order valence-electron chi connectivity index (χ0n) is 27.0. The smallest absolute Gasteiger partial charge is 0.159 e. The van der Waals surface area contributed by atoms with Gasteiger partial charge in [-0.25, -0.2) is 0 Å². The number of hydrogen-bond donors (Lipinski definition) is 0. The van der Waals surface area contributed by atoms with Gasteiger partial charge >= 0.3 is 0 Å². The first-order chi connectivity index (χ1) is 20.6. The van der Waals surface area contributed by atoms with E-state index in [4.69, 9.17) is 4.74 Å². The van der Waals surface area contributed by atoms with Crippen LogP contribution < -0.4 is 4.74 Å². The molecule has 0 unspecified atom stereocenters. The molecule has 0 aliphatic carbocycles. The first-order valence-corrected chi connectivity index (χ1v) is 15.8. The van der Waals surface area contributed by atoms with Gasteiger partial charge in [-0.1, -0.05) is 126 Å². The van der Waals surface area contributed by atoms with E-state index in [1.54, 1.807) is 25.8 Å². The molecule has 3 heteroatoms. The summed E-state index contributed by atoms with van der Waals surface area (Å²) in [6, 6.07) is 41.5. The van der Waals surface area contributed by atoms with Crippen molar-refractivity contribution in [3.8, 4) is 16.9 Å². The molecule has 0 spiro atoms. The van der Waals surface area contributed by atoms with Crippen LogP contribution in [0.2, 0.25) is 0 Å². The van der Waals surface area contributed by atoms with Crippen molar-refractivity contribution in [1.29, 1.82) is 0 Å². The lowest BCUT2D eigenvalue weighted by Gasteiger charge is -2.03. The van der Waals surface area contributed by atoms with Crippen molar-refractivity contribution in [1.82, 2.24) is 0 Å². The molecule has 0 saturated heterocycles. The second-order valence-corrected chi connectivity index (χ2v) is 11.3. The Kier molecular flexibility index (Phi) is 15.7. The van der Waals surface area contributed by atoms with Gasteiger partial charge in [0, 0.05) is 10.5 Å². The van der Waals surface area contributed by atoms with Crippen molar-refractivity contribution in [2.75, 3.05) is 13.4 Å². The maximum absolute atomic E-state index is 10.8. The monoisotopic (exact) mass is 590 g/mol. The lowest BCUT2D eigenvalue weighted by Crippen LogP contribution is -1.90. The number of hydrogen-bond acceptors (Lipinski definition) is 3. The average Bonchev–Trinajstić information content (AvgIpc) is 3.03. The summed E-state index contributed by atoms with van der Waals surface area (Å²) in [6.07, 6.45) is 3.24. The molecule has 5 aromatic rings. The van der Waals surface area contributed by atoms with Gasteiger partial charge in [-0.15, -0.1) is 11.8 Å². The number of benzene rings is 5. The summed E-state index contributed by atoms with van der Waals surface area (Å²) in [7, 11) is 1.67. The molecule has 0 aromatic heterocycles. The maximum Gasteiger partial charge on any atom is 0.159 e. The molecule has 0 saturated carbocycles. The van der Waals surface area contributed by atoms with Gasteiger partial charge in [0.15, 0.2) is 5.78 Å². The number of methoxy groups -OCH3 is 1. The van der Waals surface area contributed by atoms with Gasteiger partial charge < -0.3 is 4.74 Å². The van der Waals surface area contributed by atoms with E-state index in [0.717, 1.165) is 17.7 Å². The summed E-state index contributed by atoms with van der Waals surface area (Å²) in [4.78, 5) is 12.1. The van der Waals surface area contributed by atoms with Crippen molar-refractivity contribution in [3.05, 3.63) is 155 Å². The van der Waals surface area contributed by atoms with Crippen LogP contribution in [-0.4, -0.2) is 19.1 Å². The van der Waals surface area contributed by atoms with Crippen LogP contribution in [0.5, 0.6) is 5.75 Å². The van der Waals surface area contributed by atoms with Crippen LogP contribution >= 0.6 is 11.8 Å². The highest BCUT2D eigenvalue weighted by molar-refractivity contribution is 7.98. The number of thioether (sulfide) groups is 1. The van der Waals surface area contributed by atoms with Gasteiger partial charge in [-0.05, 0) is 88.3 Å². The molecule has 0 aliphatic heterocycles. The standard InChI is InChI=1S/C14H14S.C9H10O.C9H12.C8H10O/c1-11-3-5-12(6-4-11)13-7-9-14(15-2)10-8-13;1-7-3-5-9(6-4-7)8(2)10;1-3-9-6-4-8(2)5-7-9;1-7-3-5-8(9-2)6-4-7/h3-10H,1-2H3;3-6H,1-2H3;4-7H,3H2,1-2H3;3-6H,1-2H3. The number of carbonyl (C=O) groups is 1. The summed E-state index contributed by atoms with van der Waals surface area (Å²) in [5, 5.41) is 0.